The zero-order chi connectivity index (χ0) is 10.7. The molecule has 0 amide bonds. The fourth-order valence-corrected chi connectivity index (χ4v) is 1.47. The normalized spacial score (nSPS) is 12.4. The molecule has 1 atom stereocenters. The fraction of sp³-hybridized carbons (Fsp3) is 0.300. The molecule has 0 aliphatic heterocycles. The summed E-state index contributed by atoms with van der Waals surface area (Å²) in [4.78, 5) is 10.5. The number of hydrogen-bond donors (Lipinski definition) is 3. The van der Waals surface area contributed by atoms with Crippen LogP contribution in [-0.4, -0.2) is 16.2 Å². The monoisotopic (exact) mass is 195 g/mol. The van der Waals surface area contributed by atoms with Gasteiger partial charge < -0.3 is 15.9 Å². The molecule has 0 aliphatic rings. The molecule has 0 saturated heterocycles. The number of nitrogen functional groups attached to an aromatic ring is 1. The molecule has 0 heterocycles. The lowest BCUT2D eigenvalue weighted by molar-refractivity contribution is -0.137. The van der Waals surface area contributed by atoms with Crippen molar-refractivity contribution in [3.8, 4) is 5.75 Å². The second kappa shape index (κ2) is 4.00. The van der Waals surface area contributed by atoms with E-state index in [1.807, 2.05) is 0 Å². The Bertz CT molecular complexity index is 329. The number of carboxylic acid groups (broad SMARTS) is 1. The first-order valence-electron chi connectivity index (χ1n) is 4.31. The fourth-order valence-electron chi connectivity index (χ4n) is 1.47. The van der Waals surface area contributed by atoms with Crippen molar-refractivity contribution in [2.75, 3.05) is 5.73 Å². The van der Waals surface area contributed by atoms with E-state index < -0.39 is 5.97 Å². The standard InChI is InChI=1S/C10H13NO3/c1-6(5-9(13)14)10-7(11)3-2-4-8(10)12/h2-4,6,12H,5,11H2,1H3,(H,13,14). The Hall–Kier alpha value is -1.71. The van der Waals surface area contributed by atoms with Crippen LogP contribution in [0.25, 0.3) is 0 Å². The summed E-state index contributed by atoms with van der Waals surface area (Å²) in [6.07, 6.45) is -0.0399. The average Bonchev–Trinajstić information content (AvgIpc) is 2.01. The average molecular weight is 195 g/mol. The number of carbonyl (C=O) groups is 1. The Balaban J connectivity index is 2.99. The first-order chi connectivity index (χ1) is 6.52. The number of phenols is 1. The van der Waals surface area contributed by atoms with E-state index in [1.165, 1.54) is 6.07 Å². The molecule has 4 heteroatoms. The third-order valence-electron chi connectivity index (χ3n) is 2.09. The van der Waals surface area contributed by atoms with Gasteiger partial charge in [0.1, 0.15) is 5.75 Å². The van der Waals surface area contributed by atoms with E-state index in [1.54, 1.807) is 19.1 Å². The molecule has 0 radical (unpaired) electrons. The number of anilines is 1. The summed E-state index contributed by atoms with van der Waals surface area (Å²) >= 11 is 0. The highest BCUT2D eigenvalue weighted by molar-refractivity contribution is 5.69. The second-order valence-electron chi connectivity index (χ2n) is 3.28. The molecular weight excluding hydrogens is 182 g/mol. The second-order valence-corrected chi connectivity index (χ2v) is 3.28. The summed E-state index contributed by atoms with van der Waals surface area (Å²) in [7, 11) is 0. The topological polar surface area (TPSA) is 83.5 Å². The summed E-state index contributed by atoms with van der Waals surface area (Å²) in [6, 6.07) is 4.78. The van der Waals surface area contributed by atoms with E-state index in [2.05, 4.69) is 0 Å². The third-order valence-corrected chi connectivity index (χ3v) is 2.09. The van der Waals surface area contributed by atoms with Crippen LogP contribution in [0.1, 0.15) is 24.8 Å². The van der Waals surface area contributed by atoms with Crippen molar-refractivity contribution in [3.05, 3.63) is 23.8 Å². The molecule has 1 unspecified atom stereocenters. The van der Waals surface area contributed by atoms with E-state index in [4.69, 9.17) is 10.8 Å². The van der Waals surface area contributed by atoms with Crippen LogP contribution in [0.3, 0.4) is 0 Å². The van der Waals surface area contributed by atoms with Crippen molar-refractivity contribution < 1.29 is 15.0 Å². The maximum atomic E-state index is 10.5. The van der Waals surface area contributed by atoms with Gasteiger partial charge in [0.05, 0.1) is 6.42 Å². The van der Waals surface area contributed by atoms with Crippen LogP contribution in [0.2, 0.25) is 0 Å². The molecule has 76 valence electrons. The number of carboxylic acids is 1. The Morgan fingerprint density at radius 2 is 2.21 bits per heavy atom. The quantitative estimate of drug-likeness (QED) is 0.639. The van der Waals surface area contributed by atoms with Gasteiger partial charge in [-0.25, -0.2) is 0 Å². The molecule has 4 nitrogen and oxygen atoms in total. The molecule has 0 aromatic heterocycles. The molecule has 0 aliphatic carbocycles. The first-order valence-corrected chi connectivity index (χ1v) is 4.31. The molecule has 0 spiro atoms. The maximum Gasteiger partial charge on any atom is 0.303 e. The smallest absolute Gasteiger partial charge is 0.303 e. The van der Waals surface area contributed by atoms with Crippen molar-refractivity contribution in [3.63, 3.8) is 0 Å². The van der Waals surface area contributed by atoms with Crippen LogP contribution in [0.4, 0.5) is 5.69 Å². The molecule has 1 aromatic carbocycles. The Morgan fingerprint density at radius 3 is 2.71 bits per heavy atom. The minimum Gasteiger partial charge on any atom is -0.508 e. The van der Waals surface area contributed by atoms with Gasteiger partial charge in [-0.15, -0.1) is 0 Å². The van der Waals surface area contributed by atoms with Gasteiger partial charge in [-0.2, -0.15) is 0 Å². The maximum absolute atomic E-state index is 10.5. The predicted molar refractivity (Wildman–Crippen MR) is 53.2 cm³/mol. The van der Waals surface area contributed by atoms with Gasteiger partial charge >= 0.3 is 5.97 Å². The third kappa shape index (κ3) is 2.16. The van der Waals surface area contributed by atoms with Crippen LogP contribution in [0.15, 0.2) is 18.2 Å². The Morgan fingerprint density at radius 1 is 1.57 bits per heavy atom. The van der Waals surface area contributed by atoms with Crippen molar-refractivity contribution in [1.82, 2.24) is 0 Å². The van der Waals surface area contributed by atoms with Gasteiger partial charge in [-0.05, 0) is 18.1 Å². The van der Waals surface area contributed by atoms with Crippen LogP contribution >= 0.6 is 0 Å². The first kappa shape index (κ1) is 10.4. The largest absolute Gasteiger partial charge is 0.508 e. The van der Waals surface area contributed by atoms with E-state index in [-0.39, 0.29) is 18.1 Å². The lowest BCUT2D eigenvalue weighted by Crippen LogP contribution is -2.05. The Labute approximate surface area is 82.0 Å². The molecule has 14 heavy (non-hydrogen) atoms. The van der Waals surface area contributed by atoms with Crippen LogP contribution in [0.5, 0.6) is 5.75 Å². The summed E-state index contributed by atoms with van der Waals surface area (Å²) in [6.45, 7) is 1.72. The van der Waals surface area contributed by atoms with E-state index in [0.717, 1.165) is 0 Å². The van der Waals surface area contributed by atoms with Crippen molar-refractivity contribution in [2.45, 2.75) is 19.3 Å². The number of phenolic OH excluding ortho intramolecular Hbond substituents is 1. The molecule has 0 bridgehead atoms. The zero-order valence-corrected chi connectivity index (χ0v) is 7.90. The molecule has 1 rings (SSSR count). The van der Waals surface area contributed by atoms with Gasteiger partial charge in [0.15, 0.2) is 0 Å². The summed E-state index contributed by atoms with van der Waals surface area (Å²) < 4.78 is 0. The van der Waals surface area contributed by atoms with Gasteiger partial charge in [-0.3, -0.25) is 4.79 Å². The molecule has 0 saturated carbocycles. The van der Waals surface area contributed by atoms with Crippen molar-refractivity contribution >= 4 is 11.7 Å². The lowest BCUT2D eigenvalue weighted by atomic mass is 9.95. The van der Waals surface area contributed by atoms with Crippen LogP contribution in [0, 0.1) is 0 Å². The highest BCUT2D eigenvalue weighted by Gasteiger charge is 2.16. The number of benzene rings is 1. The summed E-state index contributed by atoms with van der Waals surface area (Å²) in [5, 5.41) is 18.1. The summed E-state index contributed by atoms with van der Waals surface area (Å²) in [5.74, 6) is -1.13. The molecule has 4 N–H and O–H groups in total. The number of hydrogen-bond acceptors (Lipinski definition) is 3. The van der Waals surface area contributed by atoms with Crippen molar-refractivity contribution in [2.24, 2.45) is 0 Å². The van der Waals surface area contributed by atoms with Gasteiger partial charge in [0.2, 0.25) is 0 Å². The van der Waals surface area contributed by atoms with E-state index in [0.29, 0.717) is 11.3 Å². The highest BCUT2D eigenvalue weighted by Crippen LogP contribution is 2.32. The number of rotatable bonds is 3. The summed E-state index contributed by atoms with van der Waals surface area (Å²) in [5.41, 5.74) is 6.58. The van der Waals surface area contributed by atoms with Crippen molar-refractivity contribution in [1.29, 1.82) is 0 Å². The SMILES string of the molecule is CC(CC(=O)O)c1c(N)cccc1O. The van der Waals surface area contributed by atoms with Crippen LogP contribution < -0.4 is 5.73 Å². The molecule has 1 aromatic rings. The van der Waals surface area contributed by atoms with Gasteiger partial charge in [0.25, 0.3) is 0 Å². The van der Waals surface area contributed by atoms with E-state index in [9.17, 15) is 9.90 Å². The molecule has 0 fully saturated rings. The van der Waals surface area contributed by atoms with Gasteiger partial charge in [-0.1, -0.05) is 13.0 Å². The van der Waals surface area contributed by atoms with Gasteiger partial charge in [0, 0.05) is 11.3 Å². The minimum absolute atomic E-state index is 0.0399. The minimum atomic E-state index is -0.903. The Kier molecular flexibility index (Phi) is 2.96. The number of nitrogens with two attached hydrogens (primary N) is 1. The number of aromatic hydroxyl groups is 1. The highest BCUT2D eigenvalue weighted by atomic mass is 16.4. The van der Waals surface area contributed by atoms with Crippen LogP contribution in [-0.2, 0) is 4.79 Å². The van der Waals surface area contributed by atoms with E-state index >= 15 is 0 Å². The predicted octanol–water partition coefficient (Wildman–Crippen LogP) is 1.55. The zero-order valence-electron chi connectivity index (χ0n) is 7.90. The lowest BCUT2D eigenvalue weighted by Gasteiger charge is -2.13. The number of aliphatic carboxylic acids is 1. The molecular formula is C10H13NO3.